The van der Waals surface area contributed by atoms with E-state index in [-0.39, 0.29) is 48.1 Å². The number of benzene rings is 1. The van der Waals surface area contributed by atoms with Gasteiger partial charge in [0.25, 0.3) is 0 Å². The maximum absolute atomic E-state index is 12.2. The van der Waals surface area contributed by atoms with Crippen molar-refractivity contribution in [1.82, 2.24) is 10.0 Å². The molecule has 0 aliphatic carbocycles. The molecule has 0 saturated heterocycles. The number of halogens is 3. The Kier molecular flexibility index (Phi) is 8.92. The Hall–Kier alpha value is -2.77. The van der Waals surface area contributed by atoms with Crippen molar-refractivity contribution in [1.29, 1.82) is 0 Å². The summed E-state index contributed by atoms with van der Waals surface area (Å²) in [6.45, 7) is -1.66. The third-order valence-corrected chi connectivity index (χ3v) is 6.29. The van der Waals surface area contributed by atoms with Crippen molar-refractivity contribution in [3.8, 4) is 0 Å². The first kappa shape index (κ1) is 25.5. The normalized spacial score (nSPS) is 11.7. The fourth-order valence-electron chi connectivity index (χ4n) is 2.39. The van der Waals surface area contributed by atoms with Crippen molar-refractivity contribution in [2.45, 2.75) is 30.3 Å². The molecule has 8 nitrogen and oxygen atoms in total. The van der Waals surface area contributed by atoms with Crippen LogP contribution in [0.25, 0.3) is 0 Å². The lowest BCUT2D eigenvalue weighted by Gasteiger charge is -2.10. The second kappa shape index (κ2) is 11.2. The van der Waals surface area contributed by atoms with E-state index in [0.29, 0.717) is 4.88 Å². The van der Waals surface area contributed by atoms with E-state index < -0.39 is 28.7 Å². The first-order chi connectivity index (χ1) is 15.0. The summed E-state index contributed by atoms with van der Waals surface area (Å²) in [6.07, 6.45) is -4.70. The zero-order valence-corrected chi connectivity index (χ0v) is 18.2. The van der Waals surface area contributed by atoms with Crippen molar-refractivity contribution in [2.24, 2.45) is 0 Å². The number of rotatable bonds is 11. The van der Waals surface area contributed by atoms with Gasteiger partial charge in [0.2, 0.25) is 21.8 Å². The van der Waals surface area contributed by atoms with Gasteiger partial charge in [-0.05, 0) is 35.7 Å². The molecule has 32 heavy (non-hydrogen) atoms. The smallest absolute Gasteiger partial charge is 0.356 e. The van der Waals surface area contributed by atoms with Crippen LogP contribution in [0.15, 0.2) is 46.7 Å². The van der Waals surface area contributed by atoms with E-state index in [2.05, 4.69) is 10.6 Å². The molecule has 0 bridgehead atoms. The molecule has 0 aliphatic rings. The maximum atomic E-state index is 12.2. The van der Waals surface area contributed by atoms with E-state index in [0.717, 1.165) is 12.1 Å². The number of alkyl halides is 3. The van der Waals surface area contributed by atoms with E-state index in [9.17, 15) is 36.0 Å². The summed E-state index contributed by atoms with van der Waals surface area (Å²) in [4.78, 5) is 35.7. The number of nitrogens with one attached hydrogen (secondary N) is 3. The molecule has 1 aromatic heterocycles. The van der Waals surface area contributed by atoms with Crippen LogP contribution in [0.5, 0.6) is 0 Å². The van der Waals surface area contributed by atoms with Crippen LogP contribution in [0, 0.1) is 0 Å². The number of thiophene rings is 1. The Morgan fingerprint density at radius 3 is 2.22 bits per heavy atom. The fraction of sp³-hybridized carbons (Fsp3) is 0.316. The predicted octanol–water partition coefficient (Wildman–Crippen LogP) is 2.70. The zero-order valence-electron chi connectivity index (χ0n) is 16.6. The van der Waals surface area contributed by atoms with Gasteiger partial charge < -0.3 is 10.6 Å². The predicted molar refractivity (Wildman–Crippen MR) is 112 cm³/mol. The standard InChI is InChI=1S/C19H20F3N3O5S2/c20-19(21,22)12-24-32(29,30)14-5-3-13(4-6-14)25-18(28)9-10-23-17(27)8-7-15(26)16-2-1-11-31-16/h1-6,11,24H,7-10,12H2,(H,23,27)(H,25,28). The Morgan fingerprint density at radius 2 is 1.62 bits per heavy atom. The molecule has 2 aromatic rings. The number of hydrogen-bond acceptors (Lipinski definition) is 6. The number of amides is 2. The van der Waals surface area contributed by atoms with Crippen molar-refractivity contribution in [3.05, 3.63) is 46.7 Å². The van der Waals surface area contributed by atoms with Crippen LogP contribution in [0.2, 0.25) is 0 Å². The van der Waals surface area contributed by atoms with Crippen LogP contribution in [0.4, 0.5) is 18.9 Å². The summed E-state index contributed by atoms with van der Waals surface area (Å²) >= 11 is 1.29. The minimum atomic E-state index is -4.68. The fourth-order valence-corrected chi connectivity index (χ4v) is 4.10. The molecule has 174 valence electrons. The number of ketones is 1. The van der Waals surface area contributed by atoms with Crippen LogP contribution >= 0.6 is 11.3 Å². The van der Waals surface area contributed by atoms with Crippen molar-refractivity contribution in [2.75, 3.05) is 18.4 Å². The third kappa shape index (κ3) is 8.77. The number of carbonyl (C=O) groups excluding carboxylic acids is 3. The van der Waals surface area contributed by atoms with Crippen LogP contribution in [-0.4, -0.2) is 45.3 Å². The van der Waals surface area contributed by atoms with Crippen LogP contribution < -0.4 is 15.4 Å². The molecule has 0 radical (unpaired) electrons. The zero-order chi connectivity index (χ0) is 23.8. The number of anilines is 1. The lowest BCUT2D eigenvalue weighted by Crippen LogP contribution is -2.33. The second-order valence-corrected chi connectivity index (χ2v) is 9.23. The molecule has 0 unspecified atom stereocenters. The van der Waals surface area contributed by atoms with Gasteiger partial charge in [-0.25, -0.2) is 13.1 Å². The summed E-state index contributed by atoms with van der Waals surface area (Å²) in [5, 5.41) is 6.78. The summed E-state index contributed by atoms with van der Waals surface area (Å²) in [5.74, 6) is -0.971. The van der Waals surface area contributed by atoms with Gasteiger partial charge in [-0.1, -0.05) is 6.07 Å². The molecular formula is C19H20F3N3O5S2. The highest BCUT2D eigenvalue weighted by Gasteiger charge is 2.30. The lowest BCUT2D eigenvalue weighted by atomic mass is 10.2. The average molecular weight is 492 g/mol. The first-order valence-electron chi connectivity index (χ1n) is 9.26. The van der Waals surface area contributed by atoms with Crippen molar-refractivity contribution < 1.29 is 36.0 Å². The Labute approximate surface area is 186 Å². The molecule has 0 spiro atoms. The minimum Gasteiger partial charge on any atom is -0.356 e. The highest BCUT2D eigenvalue weighted by Crippen LogP contribution is 2.17. The van der Waals surface area contributed by atoms with E-state index in [4.69, 9.17) is 0 Å². The van der Waals surface area contributed by atoms with Crippen LogP contribution in [-0.2, 0) is 19.6 Å². The molecular weight excluding hydrogens is 471 g/mol. The van der Waals surface area contributed by atoms with Gasteiger partial charge in [0.05, 0.1) is 9.77 Å². The molecule has 2 amide bonds. The molecule has 0 atom stereocenters. The average Bonchev–Trinajstić information content (AvgIpc) is 3.25. The van der Waals surface area contributed by atoms with Gasteiger partial charge in [0.1, 0.15) is 6.54 Å². The summed E-state index contributed by atoms with van der Waals surface area (Å²) in [6, 6.07) is 8.00. The number of hydrogen-bond donors (Lipinski definition) is 3. The lowest BCUT2D eigenvalue weighted by molar-refractivity contribution is -0.122. The Balaban J connectivity index is 1.72. The number of carbonyl (C=O) groups is 3. The van der Waals surface area contributed by atoms with E-state index >= 15 is 0 Å². The molecule has 3 N–H and O–H groups in total. The van der Waals surface area contributed by atoms with Gasteiger partial charge in [0.15, 0.2) is 5.78 Å². The van der Waals surface area contributed by atoms with Gasteiger partial charge >= 0.3 is 6.18 Å². The van der Waals surface area contributed by atoms with E-state index in [1.807, 2.05) is 0 Å². The molecule has 0 aliphatic heterocycles. The Bertz CT molecular complexity index is 1040. The third-order valence-electron chi connectivity index (χ3n) is 3.96. The van der Waals surface area contributed by atoms with Gasteiger partial charge in [-0.2, -0.15) is 13.2 Å². The molecule has 1 aromatic carbocycles. The largest absolute Gasteiger partial charge is 0.402 e. The van der Waals surface area contributed by atoms with Crippen LogP contribution in [0.3, 0.4) is 0 Å². The van der Waals surface area contributed by atoms with Crippen LogP contribution in [0.1, 0.15) is 28.9 Å². The first-order valence-corrected chi connectivity index (χ1v) is 11.6. The molecule has 1 heterocycles. The van der Waals surface area contributed by atoms with E-state index in [1.165, 1.54) is 28.2 Å². The minimum absolute atomic E-state index is 0.00331. The molecule has 13 heteroatoms. The maximum Gasteiger partial charge on any atom is 0.402 e. The number of sulfonamides is 1. The highest BCUT2D eigenvalue weighted by molar-refractivity contribution is 7.89. The SMILES string of the molecule is O=C(CCC(=O)c1cccs1)NCCC(=O)Nc1ccc(S(=O)(=O)NCC(F)(F)F)cc1. The monoisotopic (exact) mass is 491 g/mol. The van der Waals surface area contributed by atoms with Gasteiger partial charge in [0, 0.05) is 31.5 Å². The van der Waals surface area contributed by atoms with Gasteiger partial charge in [-0.15, -0.1) is 11.3 Å². The molecule has 2 rings (SSSR count). The number of Topliss-reactive ketones (excluding diaryl/α,β-unsaturated/α-hetero) is 1. The highest BCUT2D eigenvalue weighted by atomic mass is 32.2. The quantitative estimate of drug-likeness (QED) is 0.418. The topological polar surface area (TPSA) is 121 Å². The van der Waals surface area contributed by atoms with Crippen molar-refractivity contribution >= 4 is 44.6 Å². The summed E-state index contributed by atoms with van der Waals surface area (Å²) in [5.41, 5.74) is 0.234. The van der Waals surface area contributed by atoms with E-state index in [1.54, 1.807) is 17.5 Å². The summed E-state index contributed by atoms with van der Waals surface area (Å²) in [7, 11) is -4.34. The van der Waals surface area contributed by atoms with Gasteiger partial charge in [-0.3, -0.25) is 14.4 Å². The molecule has 0 fully saturated rings. The molecule has 0 saturated carbocycles. The summed E-state index contributed by atoms with van der Waals surface area (Å²) < 4.78 is 61.6. The second-order valence-electron chi connectivity index (χ2n) is 6.51. The van der Waals surface area contributed by atoms with Crippen molar-refractivity contribution in [3.63, 3.8) is 0 Å². The Morgan fingerprint density at radius 1 is 0.938 bits per heavy atom.